The normalized spacial score (nSPS) is 24.7. The molecule has 2 fully saturated rings. The molecule has 1 aliphatic carbocycles. The zero-order valence-electron chi connectivity index (χ0n) is 30.7. The molecule has 5 unspecified atom stereocenters. The summed E-state index contributed by atoms with van der Waals surface area (Å²) in [7, 11) is 0. The van der Waals surface area contributed by atoms with Gasteiger partial charge in [0.25, 0.3) is 0 Å². The second-order valence-corrected chi connectivity index (χ2v) is 15.5. The zero-order valence-corrected chi connectivity index (χ0v) is 30.7. The van der Waals surface area contributed by atoms with E-state index in [4.69, 9.17) is 4.74 Å². The lowest BCUT2D eigenvalue weighted by molar-refractivity contribution is -0.405. The third-order valence-corrected chi connectivity index (χ3v) is 9.25. The summed E-state index contributed by atoms with van der Waals surface area (Å²) in [6.45, 7) is 9.03. The molecule has 1 aliphatic heterocycles. The first-order valence-corrected chi connectivity index (χ1v) is 16.4. The molecule has 318 valence electrons. The molecule has 55 heavy (non-hydrogen) atoms. The molecule has 0 aromatic heterocycles. The first kappa shape index (κ1) is 47.5. The molecule has 23 heteroatoms. The minimum absolute atomic E-state index is 0.504. The molecule has 2 rings (SSSR count). The van der Waals surface area contributed by atoms with E-state index in [1.807, 2.05) is 0 Å². The molecule has 1 saturated carbocycles. The smallest absolute Gasteiger partial charge is 0.462 e. The topological polar surface area (TPSA) is 141 Å². The van der Waals surface area contributed by atoms with Gasteiger partial charge in [0.2, 0.25) is 0 Å². The summed E-state index contributed by atoms with van der Waals surface area (Å²) in [6.07, 6.45) is -42.4. The molecule has 0 amide bonds. The van der Waals surface area contributed by atoms with E-state index in [1.54, 1.807) is 0 Å². The molecular formula is C32H40F12O11. The third kappa shape index (κ3) is 9.48. The van der Waals surface area contributed by atoms with Crippen molar-refractivity contribution in [2.75, 3.05) is 0 Å². The predicted octanol–water partition coefficient (Wildman–Crippen LogP) is 8.70. The van der Waals surface area contributed by atoms with E-state index in [2.05, 4.69) is 23.7 Å². The van der Waals surface area contributed by atoms with Gasteiger partial charge in [-0.25, -0.2) is 9.59 Å². The van der Waals surface area contributed by atoms with Gasteiger partial charge in [0.15, 0.2) is 0 Å². The fraction of sp³-hybridized carbons (Fsp3) is 0.844. The highest BCUT2D eigenvalue weighted by atomic mass is 19.4. The Hall–Kier alpha value is -3.69. The van der Waals surface area contributed by atoms with Crippen LogP contribution in [-0.2, 0) is 42.8 Å². The Morgan fingerprint density at radius 2 is 0.945 bits per heavy atom. The van der Waals surface area contributed by atoms with E-state index < -0.39 is 138 Å². The van der Waals surface area contributed by atoms with Gasteiger partial charge in [0.05, 0.1) is 17.3 Å². The van der Waals surface area contributed by atoms with Crippen molar-refractivity contribution in [3.05, 3.63) is 0 Å². The van der Waals surface area contributed by atoms with Gasteiger partial charge >= 0.3 is 66.1 Å². The molecule has 0 N–H and O–H groups in total. The monoisotopic (exact) mass is 828 g/mol. The predicted molar refractivity (Wildman–Crippen MR) is 157 cm³/mol. The maximum atomic E-state index is 14.9. The van der Waals surface area contributed by atoms with Crippen LogP contribution in [0.1, 0.15) is 88.0 Å². The highest BCUT2D eigenvalue weighted by molar-refractivity contribution is 5.99. The van der Waals surface area contributed by atoms with E-state index >= 15 is 0 Å². The molecule has 1 saturated heterocycles. The summed E-state index contributed by atoms with van der Waals surface area (Å²) in [5.74, 6) is -14.9. The van der Waals surface area contributed by atoms with Crippen LogP contribution in [0.2, 0.25) is 0 Å². The van der Waals surface area contributed by atoms with E-state index in [1.165, 1.54) is 6.92 Å². The zero-order chi connectivity index (χ0) is 43.3. The quantitative estimate of drug-likeness (QED) is 0.100. The van der Waals surface area contributed by atoms with Gasteiger partial charge in [-0.2, -0.15) is 52.7 Å². The summed E-state index contributed by atoms with van der Waals surface area (Å²) in [6, 6.07) is 0. The second kappa shape index (κ2) is 15.0. The lowest BCUT2D eigenvalue weighted by Gasteiger charge is -2.50. The van der Waals surface area contributed by atoms with Crippen molar-refractivity contribution in [1.82, 2.24) is 0 Å². The van der Waals surface area contributed by atoms with E-state index in [-0.39, 0.29) is 0 Å². The maximum Gasteiger partial charge on any atom is 0.510 e. The Labute approximate surface area is 306 Å². The van der Waals surface area contributed by atoms with Gasteiger partial charge < -0.3 is 28.4 Å². The number of carbonyl (C=O) groups excluding carboxylic acids is 5. The van der Waals surface area contributed by atoms with Gasteiger partial charge in [-0.05, 0) is 74.1 Å². The maximum absolute atomic E-state index is 14.9. The standard InChI is InChI=1S/C32H40F12O11/c1-10-26(9,18-14(2)19(45)51-20(18)46)21(47)50-17-12-15(27(29(33,34)35,30(36,37)38)54-22(48)52-24(3,4)5)11-16(13-17)28(31(39,40)41,32(42,43)44)55-23(49)53-25(6,7)8/h14-18H,10-13H2,1-9H3. The molecule has 0 aromatic carbocycles. The SMILES string of the molecule is CCC(C)(C(=O)OC1CC(C(OC(=O)OC(C)(C)C)(C(F)(F)F)C(F)(F)F)CC(C(OC(=O)OC(C)(C)C)(C(F)(F)F)C(F)(F)F)C1)C1C(=O)OC(=O)C1C. The average molecular weight is 829 g/mol. The van der Waals surface area contributed by atoms with Crippen LogP contribution in [0, 0.1) is 29.1 Å². The summed E-state index contributed by atoms with van der Waals surface area (Å²) < 4.78 is 205. The number of carbonyl (C=O) groups is 5. The number of ether oxygens (including phenoxy) is 6. The van der Waals surface area contributed by atoms with E-state index in [0.717, 1.165) is 55.4 Å². The number of alkyl halides is 12. The van der Waals surface area contributed by atoms with Crippen molar-refractivity contribution in [3.63, 3.8) is 0 Å². The summed E-state index contributed by atoms with van der Waals surface area (Å²) in [5, 5.41) is 0. The Bertz CT molecular complexity index is 1370. The van der Waals surface area contributed by atoms with Crippen LogP contribution in [0.25, 0.3) is 0 Å². The van der Waals surface area contributed by atoms with Crippen molar-refractivity contribution in [2.24, 2.45) is 29.1 Å². The van der Waals surface area contributed by atoms with Gasteiger partial charge in [-0.1, -0.05) is 13.8 Å². The highest BCUT2D eigenvalue weighted by Crippen LogP contribution is 2.61. The number of hydrogen-bond donors (Lipinski definition) is 0. The molecule has 5 atom stereocenters. The van der Waals surface area contributed by atoms with Crippen molar-refractivity contribution < 1.29 is 105 Å². The summed E-state index contributed by atoms with van der Waals surface area (Å²) >= 11 is 0. The molecule has 0 spiro atoms. The molecule has 11 nitrogen and oxygen atoms in total. The van der Waals surface area contributed by atoms with Crippen LogP contribution in [0.15, 0.2) is 0 Å². The molecular weight excluding hydrogens is 788 g/mol. The first-order valence-electron chi connectivity index (χ1n) is 16.4. The van der Waals surface area contributed by atoms with Crippen LogP contribution in [0.4, 0.5) is 62.3 Å². The molecule has 2 aliphatic rings. The molecule has 1 heterocycles. The minimum atomic E-state index is -6.88. The van der Waals surface area contributed by atoms with E-state index in [9.17, 15) is 76.7 Å². The van der Waals surface area contributed by atoms with Crippen molar-refractivity contribution >= 4 is 30.2 Å². The number of hydrogen-bond acceptors (Lipinski definition) is 11. The van der Waals surface area contributed by atoms with Crippen LogP contribution >= 0.6 is 0 Å². The second-order valence-electron chi connectivity index (χ2n) is 15.5. The Morgan fingerprint density at radius 1 is 0.600 bits per heavy atom. The number of rotatable bonds is 8. The van der Waals surface area contributed by atoms with Gasteiger partial charge in [-0.3, -0.25) is 14.4 Å². The van der Waals surface area contributed by atoms with Crippen molar-refractivity contribution in [1.29, 1.82) is 0 Å². The fourth-order valence-corrected chi connectivity index (χ4v) is 6.66. The van der Waals surface area contributed by atoms with Crippen LogP contribution in [-0.4, -0.2) is 83.4 Å². The third-order valence-electron chi connectivity index (χ3n) is 9.25. The van der Waals surface area contributed by atoms with Crippen LogP contribution in [0.5, 0.6) is 0 Å². The number of esters is 3. The van der Waals surface area contributed by atoms with Crippen LogP contribution < -0.4 is 0 Å². The lowest BCUT2D eigenvalue weighted by atomic mass is 9.65. The number of halogens is 12. The largest absolute Gasteiger partial charge is 0.510 e. The van der Waals surface area contributed by atoms with Gasteiger partial charge in [-0.15, -0.1) is 0 Å². The van der Waals surface area contributed by atoms with Crippen molar-refractivity contribution in [3.8, 4) is 0 Å². The molecule has 0 radical (unpaired) electrons. The molecule has 0 bridgehead atoms. The Balaban J connectivity index is 3.00. The van der Waals surface area contributed by atoms with Crippen LogP contribution in [0.3, 0.4) is 0 Å². The number of cyclic esters (lactones) is 2. The molecule has 0 aromatic rings. The minimum Gasteiger partial charge on any atom is -0.462 e. The summed E-state index contributed by atoms with van der Waals surface area (Å²) in [5.41, 5.74) is -17.9. The van der Waals surface area contributed by atoms with Crippen molar-refractivity contribution in [2.45, 2.75) is 141 Å². The van der Waals surface area contributed by atoms with Gasteiger partial charge in [0.1, 0.15) is 17.3 Å². The van der Waals surface area contributed by atoms with Gasteiger partial charge in [0, 0.05) is 11.8 Å². The van der Waals surface area contributed by atoms with E-state index in [0.29, 0.717) is 0 Å². The summed E-state index contributed by atoms with van der Waals surface area (Å²) in [4.78, 5) is 63.3. The fourth-order valence-electron chi connectivity index (χ4n) is 6.66. The lowest BCUT2D eigenvalue weighted by Crippen LogP contribution is -2.69. The highest BCUT2D eigenvalue weighted by Gasteiger charge is 2.82. The first-order chi connectivity index (χ1) is 24.3. The average Bonchev–Trinajstić information content (AvgIpc) is 3.19. The Kier molecular flexibility index (Phi) is 12.9. The Morgan fingerprint density at radius 3 is 1.20 bits per heavy atom.